The monoisotopic (exact) mass is 275 g/mol. The first-order valence-electron chi connectivity index (χ1n) is 6.51. The van der Waals surface area contributed by atoms with Crippen LogP contribution in [0.5, 0.6) is 5.95 Å². The number of aryl methyl sites for hydroxylation is 3. The number of carbonyl (C=O) groups is 1. The first-order valence-corrected chi connectivity index (χ1v) is 6.51. The van der Waals surface area contributed by atoms with Crippen LogP contribution in [-0.2, 0) is 12.8 Å². The van der Waals surface area contributed by atoms with Crippen LogP contribution in [0.3, 0.4) is 0 Å². The predicted octanol–water partition coefficient (Wildman–Crippen LogP) is 2.87. The summed E-state index contributed by atoms with van der Waals surface area (Å²) in [5.41, 5.74) is 2.19. The third-order valence-corrected chi connectivity index (χ3v) is 2.83. The van der Waals surface area contributed by atoms with Crippen LogP contribution in [-0.4, -0.2) is 22.7 Å². The van der Waals surface area contributed by atoms with Crippen molar-refractivity contribution >= 4 is 5.97 Å². The second-order valence-corrected chi connectivity index (χ2v) is 4.47. The van der Waals surface area contributed by atoms with Crippen LogP contribution in [0.15, 0.2) is 28.7 Å². The summed E-state index contributed by atoms with van der Waals surface area (Å²) in [5.74, 6) is -0.773. The number of hydrogen-bond donors (Lipinski definition) is 1. The van der Waals surface area contributed by atoms with Gasteiger partial charge in [-0.2, -0.15) is 0 Å². The van der Waals surface area contributed by atoms with E-state index in [9.17, 15) is 4.79 Å². The van der Waals surface area contributed by atoms with Gasteiger partial charge in [0.25, 0.3) is 0 Å². The molecular weight excluding hydrogens is 258 g/mol. The molecule has 0 aliphatic heterocycles. The molecule has 1 heterocycles. The second-order valence-electron chi connectivity index (χ2n) is 4.47. The van der Waals surface area contributed by atoms with Crippen molar-refractivity contribution in [2.75, 3.05) is 6.61 Å². The van der Waals surface area contributed by atoms with Crippen LogP contribution < -0.4 is 4.74 Å². The fourth-order valence-corrected chi connectivity index (χ4v) is 1.94. The summed E-state index contributed by atoms with van der Waals surface area (Å²) >= 11 is 0. The van der Waals surface area contributed by atoms with Crippen LogP contribution in [0.25, 0.3) is 0 Å². The fraction of sp³-hybridized carbons (Fsp3) is 0.333. The molecule has 2 rings (SSSR count). The highest BCUT2D eigenvalue weighted by molar-refractivity contribution is 5.87. The van der Waals surface area contributed by atoms with Gasteiger partial charge >= 0.3 is 11.9 Å². The Bertz CT molecular complexity index is 604. The van der Waals surface area contributed by atoms with E-state index in [4.69, 9.17) is 14.3 Å². The number of ether oxygens (including phenoxy) is 1. The van der Waals surface area contributed by atoms with E-state index in [1.54, 1.807) is 6.92 Å². The van der Waals surface area contributed by atoms with Crippen LogP contribution in [0.1, 0.15) is 34.4 Å². The first-order chi connectivity index (χ1) is 9.60. The molecule has 0 bridgehead atoms. The summed E-state index contributed by atoms with van der Waals surface area (Å²) in [5, 5.41) is 9.02. The van der Waals surface area contributed by atoms with E-state index in [0.29, 0.717) is 18.9 Å². The molecule has 1 N–H and O–H groups in total. The molecule has 0 saturated carbocycles. The molecule has 106 valence electrons. The number of benzene rings is 1. The Morgan fingerprint density at radius 1 is 1.40 bits per heavy atom. The predicted molar refractivity (Wildman–Crippen MR) is 73.2 cm³/mol. The molecule has 1 aromatic carbocycles. The summed E-state index contributed by atoms with van der Waals surface area (Å²) in [6.45, 7) is 4.14. The molecule has 20 heavy (non-hydrogen) atoms. The highest BCUT2D eigenvalue weighted by Crippen LogP contribution is 2.21. The zero-order valence-electron chi connectivity index (χ0n) is 11.5. The Hall–Kier alpha value is -2.30. The van der Waals surface area contributed by atoms with Crippen molar-refractivity contribution in [3.63, 3.8) is 0 Å². The van der Waals surface area contributed by atoms with Gasteiger partial charge in [-0.15, -0.1) is 0 Å². The summed E-state index contributed by atoms with van der Waals surface area (Å²) < 4.78 is 10.5. The van der Waals surface area contributed by atoms with Gasteiger partial charge in [0.05, 0.1) is 6.61 Å². The Balaban J connectivity index is 2.09. The Morgan fingerprint density at radius 3 is 2.85 bits per heavy atom. The summed E-state index contributed by atoms with van der Waals surface area (Å²) in [4.78, 5) is 15.0. The van der Waals surface area contributed by atoms with Gasteiger partial charge in [0.2, 0.25) is 5.69 Å². The lowest BCUT2D eigenvalue weighted by Gasteiger charge is -2.00. The zero-order chi connectivity index (χ0) is 14.5. The summed E-state index contributed by atoms with van der Waals surface area (Å²) in [7, 11) is 0. The van der Waals surface area contributed by atoms with Crippen molar-refractivity contribution in [1.82, 2.24) is 4.98 Å². The average molecular weight is 275 g/mol. The lowest BCUT2D eigenvalue weighted by Crippen LogP contribution is -2.01. The lowest BCUT2D eigenvalue weighted by atomic mass is 10.1. The molecule has 0 fully saturated rings. The van der Waals surface area contributed by atoms with Crippen LogP contribution in [0.4, 0.5) is 0 Å². The van der Waals surface area contributed by atoms with Gasteiger partial charge in [0, 0.05) is 6.42 Å². The highest BCUT2D eigenvalue weighted by atomic mass is 16.6. The van der Waals surface area contributed by atoms with E-state index < -0.39 is 5.97 Å². The maximum Gasteiger partial charge on any atom is 0.362 e. The third-order valence-electron chi connectivity index (χ3n) is 2.83. The van der Waals surface area contributed by atoms with Gasteiger partial charge in [-0.1, -0.05) is 29.8 Å². The Labute approximate surface area is 117 Å². The fourth-order valence-electron chi connectivity index (χ4n) is 1.94. The summed E-state index contributed by atoms with van der Waals surface area (Å²) in [6.07, 6.45) is 1.28. The lowest BCUT2D eigenvalue weighted by molar-refractivity contribution is 0.0683. The standard InChI is InChI=1S/C15H17NO4/c1-3-19-15-13(14(17)18)16-12(20-15)8-7-11-6-4-5-10(2)9-11/h4-6,9H,3,7-8H2,1-2H3,(H,17,18). The molecule has 0 spiro atoms. The molecule has 0 saturated heterocycles. The minimum absolute atomic E-state index is 0.0146. The SMILES string of the molecule is CCOc1oc(CCc2cccc(C)c2)nc1C(=O)O. The smallest absolute Gasteiger partial charge is 0.362 e. The molecule has 0 aliphatic rings. The number of oxazole rings is 1. The highest BCUT2D eigenvalue weighted by Gasteiger charge is 2.20. The van der Waals surface area contributed by atoms with Gasteiger partial charge in [0.15, 0.2) is 5.89 Å². The maximum absolute atomic E-state index is 11.0. The van der Waals surface area contributed by atoms with Gasteiger partial charge in [-0.25, -0.2) is 9.78 Å². The number of aromatic carboxylic acids is 1. The van der Waals surface area contributed by atoms with E-state index in [-0.39, 0.29) is 11.6 Å². The van der Waals surface area contributed by atoms with Gasteiger partial charge < -0.3 is 14.3 Å². The maximum atomic E-state index is 11.0. The van der Waals surface area contributed by atoms with Gasteiger partial charge in [0.1, 0.15) is 0 Å². The van der Waals surface area contributed by atoms with Crippen molar-refractivity contribution in [2.45, 2.75) is 26.7 Å². The molecule has 1 aromatic heterocycles. The van der Waals surface area contributed by atoms with E-state index in [2.05, 4.69) is 11.1 Å². The average Bonchev–Trinajstić information content (AvgIpc) is 2.80. The van der Waals surface area contributed by atoms with E-state index in [1.165, 1.54) is 5.56 Å². The molecule has 0 radical (unpaired) electrons. The van der Waals surface area contributed by atoms with Crippen molar-refractivity contribution in [3.05, 3.63) is 47.0 Å². The number of carboxylic acids is 1. The van der Waals surface area contributed by atoms with E-state index >= 15 is 0 Å². The molecule has 0 unspecified atom stereocenters. The van der Waals surface area contributed by atoms with Crippen molar-refractivity contribution in [1.29, 1.82) is 0 Å². The molecule has 5 heteroatoms. The summed E-state index contributed by atoms with van der Waals surface area (Å²) in [6, 6.07) is 8.14. The van der Waals surface area contributed by atoms with E-state index in [1.807, 2.05) is 25.1 Å². The van der Waals surface area contributed by atoms with Crippen LogP contribution in [0.2, 0.25) is 0 Å². The first kappa shape index (κ1) is 14.1. The van der Waals surface area contributed by atoms with Crippen molar-refractivity contribution in [3.8, 4) is 5.95 Å². The van der Waals surface area contributed by atoms with E-state index in [0.717, 1.165) is 12.0 Å². The third kappa shape index (κ3) is 3.38. The normalized spacial score (nSPS) is 10.5. The molecule has 0 aliphatic carbocycles. The molecule has 2 aromatic rings. The number of nitrogens with zero attached hydrogens (tertiary/aromatic N) is 1. The van der Waals surface area contributed by atoms with Gasteiger partial charge in [-0.05, 0) is 25.8 Å². The zero-order valence-corrected chi connectivity index (χ0v) is 11.5. The Kier molecular flexibility index (Phi) is 4.40. The minimum Gasteiger partial charge on any atom is -0.476 e. The molecular formula is C15H17NO4. The van der Waals surface area contributed by atoms with Crippen molar-refractivity contribution < 1.29 is 19.1 Å². The quantitative estimate of drug-likeness (QED) is 0.877. The van der Waals surface area contributed by atoms with Gasteiger partial charge in [-0.3, -0.25) is 0 Å². The number of rotatable bonds is 6. The second kappa shape index (κ2) is 6.23. The number of aromatic nitrogens is 1. The number of carboxylic acid groups (broad SMARTS) is 1. The molecule has 0 atom stereocenters. The topological polar surface area (TPSA) is 72.6 Å². The Morgan fingerprint density at radius 2 is 2.20 bits per heavy atom. The minimum atomic E-state index is -1.14. The van der Waals surface area contributed by atoms with Crippen LogP contribution in [0, 0.1) is 6.92 Å². The van der Waals surface area contributed by atoms with Crippen LogP contribution >= 0.6 is 0 Å². The largest absolute Gasteiger partial charge is 0.476 e. The van der Waals surface area contributed by atoms with Crippen molar-refractivity contribution in [2.24, 2.45) is 0 Å². The molecule has 5 nitrogen and oxygen atoms in total. The number of hydrogen-bond acceptors (Lipinski definition) is 4. The molecule has 0 amide bonds.